The van der Waals surface area contributed by atoms with Crippen molar-refractivity contribution in [3.8, 4) is 0 Å². The summed E-state index contributed by atoms with van der Waals surface area (Å²) in [6.45, 7) is 9.36. The van der Waals surface area contributed by atoms with Crippen molar-refractivity contribution in [3.05, 3.63) is 58.1 Å². The van der Waals surface area contributed by atoms with Gasteiger partial charge in [0.25, 0.3) is 0 Å². The van der Waals surface area contributed by atoms with Crippen molar-refractivity contribution >= 4 is 27.3 Å². The number of nitrogens with one attached hydrogen (secondary N) is 1. The second kappa shape index (κ2) is 7.50. The molecule has 0 saturated carbocycles. The second-order valence-corrected chi connectivity index (χ2v) is 8.79. The highest BCUT2D eigenvalue weighted by molar-refractivity contribution is 7.92. The molecule has 6 heteroatoms. The van der Waals surface area contributed by atoms with E-state index in [0.29, 0.717) is 5.69 Å². The normalized spacial score (nSPS) is 11.3. The summed E-state index contributed by atoms with van der Waals surface area (Å²) in [6.07, 6.45) is 1.11. The van der Waals surface area contributed by atoms with Crippen LogP contribution in [0.25, 0.3) is 0 Å². The predicted molar refractivity (Wildman–Crippen MR) is 107 cm³/mol. The van der Waals surface area contributed by atoms with E-state index in [1.54, 1.807) is 6.07 Å². The zero-order valence-corrected chi connectivity index (χ0v) is 17.0. The average molecular weight is 375 g/mol. The first kappa shape index (κ1) is 20.0. The number of benzene rings is 2. The number of aryl methyl sites for hydroxylation is 5. The molecule has 0 saturated heterocycles. The molecule has 26 heavy (non-hydrogen) atoms. The lowest BCUT2D eigenvalue weighted by molar-refractivity contribution is -0.114. The monoisotopic (exact) mass is 374 g/mol. The van der Waals surface area contributed by atoms with Gasteiger partial charge in [0.15, 0.2) is 0 Å². The fourth-order valence-electron chi connectivity index (χ4n) is 3.15. The van der Waals surface area contributed by atoms with Crippen molar-refractivity contribution in [1.29, 1.82) is 0 Å². The average Bonchev–Trinajstić information content (AvgIpc) is 2.48. The number of sulfonamides is 1. The number of hydrogen-bond donors (Lipinski definition) is 1. The van der Waals surface area contributed by atoms with Gasteiger partial charge < -0.3 is 5.32 Å². The van der Waals surface area contributed by atoms with Crippen LogP contribution in [0.1, 0.15) is 27.8 Å². The van der Waals surface area contributed by atoms with Crippen LogP contribution in [-0.4, -0.2) is 27.1 Å². The van der Waals surface area contributed by atoms with Crippen molar-refractivity contribution in [2.75, 3.05) is 22.4 Å². The molecule has 5 nitrogen and oxygen atoms in total. The van der Waals surface area contributed by atoms with Crippen LogP contribution in [0.3, 0.4) is 0 Å². The molecule has 2 aromatic rings. The lowest BCUT2D eigenvalue weighted by atomic mass is 10.1. The first-order valence-electron chi connectivity index (χ1n) is 8.41. The van der Waals surface area contributed by atoms with Gasteiger partial charge in [-0.2, -0.15) is 0 Å². The molecule has 0 bridgehead atoms. The summed E-state index contributed by atoms with van der Waals surface area (Å²) in [7, 11) is -3.60. The molecule has 0 radical (unpaired) electrons. The van der Waals surface area contributed by atoms with Gasteiger partial charge in [0.05, 0.1) is 11.9 Å². The Kier molecular flexibility index (Phi) is 5.76. The summed E-state index contributed by atoms with van der Waals surface area (Å²) >= 11 is 0. The third-order valence-electron chi connectivity index (χ3n) is 4.25. The predicted octanol–water partition coefficient (Wildman–Crippen LogP) is 3.63. The summed E-state index contributed by atoms with van der Waals surface area (Å²) in [5.41, 5.74) is 6.12. The summed E-state index contributed by atoms with van der Waals surface area (Å²) in [5.74, 6) is -0.370. The van der Waals surface area contributed by atoms with Crippen LogP contribution >= 0.6 is 0 Å². The van der Waals surface area contributed by atoms with Crippen LogP contribution in [0.15, 0.2) is 30.3 Å². The van der Waals surface area contributed by atoms with Crippen molar-refractivity contribution in [3.63, 3.8) is 0 Å². The molecule has 0 aromatic heterocycles. The van der Waals surface area contributed by atoms with Gasteiger partial charge in [0.2, 0.25) is 15.9 Å². The SMILES string of the molecule is Cc1ccc(N(CC(=O)Nc2c(C)cc(C)cc2C)S(C)(=O)=O)c(C)c1. The molecular formula is C20H26N2O3S. The minimum Gasteiger partial charge on any atom is -0.324 e. The van der Waals surface area contributed by atoms with Crippen LogP contribution in [0.4, 0.5) is 11.4 Å². The van der Waals surface area contributed by atoms with Crippen molar-refractivity contribution < 1.29 is 13.2 Å². The van der Waals surface area contributed by atoms with Crippen molar-refractivity contribution in [2.45, 2.75) is 34.6 Å². The Hall–Kier alpha value is -2.34. The Labute approximate surface area is 156 Å². The Morgan fingerprint density at radius 2 is 1.46 bits per heavy atom. The first-order valence-corrected chi connectivity index (χ1v) is 10.3. The lowest BCUT2D eigenvalue weighted by Gasteiger charge is -2.24. The molecule has 0 aliphatic carbocycles. The molecule has 0 aliphatic rings. The fourth-order valence-corrected chi connectivity index (χ4v) is 4.07. The third kappa shape index (κ3) is 4.64. The highest BCUT2D eigenvalue weighted by atomic mass is 32.2. The van der Waals surface area contributed by atoms with Crippen LogP contribution in [-0.2, 0) is 14.8 Å². The van der Waals surface area contributed by atoms with E-state index in [9.17, 15) is 13.2 Å². The molecule has 0 aliphatic heterocycles. The number of anilines is 2. The van der Waals surface area contributed by atoms with Gasteiger partial charge in [-0.3, -0.25) is 9.10 Å². The standard InChI is InChI=1S/C20H26N2O3S/c1-13-7-8-18(15(3)9-13)22(26(6,24)25)12-19(23)21-20-16(4)10-14(2)11-17(20)5/h7-11H,12H2,1-6H3,(H,21,23). The summed E-state index contributed by atoms with van der Waals surface area (Å²) in [5, 5.41) is 2.86. The van der Waals surface area contributed by atoms with Gasteiger partial charge in [-0.1, -0.05) is 35.4 Å². The molecule has 1 N–H and O–H groups in total. The maximum atomic E-state index is 12.6. The van der Waals surface area contributed by atoms with E-state index in [1.807, 2.05) is 58.9 Å². The summed E-state index contributed by atoms with van der Waals surface area (Å²) in [4.78, 5) is 12.6. The molecular weight excluding hydrogens is 348 g/mol. The fraction of sp³-hybridized carbons (Fsp3) is 0.350. The first-order chi connectivity index (χ1) is 12.0. The van der Waals surface area contributed by atoms with Crippen LogP contribution in [0.5, 0.6) is 0 Å². The maximum Gasteiger partial charge on any atom is 0.245 e. The molecule has 140 valence electrons. The Balaban J connectivity index is 2.31. The highest BCUT2D eigenvalue weighted by Gasteiger charge is 2.23. The Bertz CT molecular complexity index is 927. The van der Waals surface area contributed by atoms with Crippen LogP contribution < -0.4 is 9.62 Å². The minimum atomic E-state index is -3.60. The number of carbonyl (C=O) groups excluding carboxylic acids is 1. The molecule has 0 heterocycles. The van der Waals surface area contributed by atoms with Gasteiger partial charge in [0.1, 0.15) is 6.54 Å². The number of amides is 1. The van der Waals surface area contributed by atoms with Crippen molar-refractivity contribution in [2.24, 2.45) is 0 Å². The quantitative estimate of drug-likeness (QED) is 0.869. The maximum absolute atomic E-state index is 12.6. The minimum absolute atomic E-state index is 0.268. The second-order valence-electron chi connectivity index (χ2n) is 6.88. The van der Waals surface area contributed by atoms with E-state index in [1.165, 1.54) is 0 Å². The zero-order chi connectivity index (χ0) is 19.6. The zero-order valence-electron chi connectivity index (χ0n) is 16.2. The largest absolute Gasteiger partial charge is 0.324 e. The van der Waals surface area contributed by atoms with Gasteiger partial charge in [-0.15, -0.1) is 0 Å². The molecule has 0 fully saturated rings. The molecule has 0 atom stereocenters. The van der Waals surface area contributed by atoms with Crippen LogP contribution in [0, 0.1) is 34.6 Å². The van der Waals surface area contributed by atoms with Gasteiger partial charge in [0, 0.05) is 5.69 Å². The Morgan fingerprint density at radius 1 is 0.923 bits per heavy atom. The van der Waals surface area contributed by atoms with E-state index < -0.39 is 10.0 Å². The summed E-state index contributed by atoms with van der Waals surface area (Å²) < 4.78 is 25.7. The van der Waals surface area contributed by atoms with Gasteiger partial charge in [-0.25, -0.2) is 8.42 Å². The molecule has 1 amide bonds. The van der Waals surface area contributed by atoms with Gasteiger partial charge in [-0.05, 0) is 57.4 Å². The summed E-state index contributed by atoms with van der Waals surface area (Å²) in [6, 6.07) is 9.45. The smallest absolute Gasteiger partial charge is 0.245 e. The number of hydrogen-bond acceptors (Lipinski definition) is 3. The Morgan fingerprint density at radius 3 is 1.96 bits per heavy atom. The van der Waals surface area contributed by atoms with Crippen molar-refractivity contribution in [1.82, 2.24) is 0 Å². The van der Waals surface area contributed by atoms with E-state index in [-0.39, 0.29) is 12.5 Å². The van der Waals surface area contributed by atoms with E-state index in [0.717, 1.165) is 44.1 Å². The number of rotatable bonds is 5. The molecule has 0 spiro atoms. The van der Waals surface area contributed by atoms with E-state index >= 15 is 0 Å². The van der Waals surface area contributed by atoms with E-state index in [2.05, 4.69) is 5.32 Å². The highest BCUT2D eigenvalue weighted by Crippen LogP contribution is 2.25. The van der Waals surface area contributed by atoms with E-state index in [4.69, 9.17) is 0 Å². The molecule has 0 unspecified atom stereocenters. The topological polar surface area (TPSA) is 66.5 Å². The number of nitrogens with zero attached hydrogens (tertiary/aromatic N) is 1. The number of carbonyl (C=O) groups is 1. The molecule has 2 rings (SSSR count). The molecule has 2 aromatic carbocycles. The van der Waals surface area contributed by atoms with Crippen LogP contribution in [0.2, 0.25) is 0 Å². The van der Waals surface area contributed by atoms with Gasteiger partial charge >= 0.3 is 0 Å². The lowest BCUT2D eigenvalue weighted by Crippen LogP contribution is -2.38. The third-order valence-corrected chi connectivity index (χ3v) is 5.38.